The Balaban J connectivity index is 5.03. The highest BCUT2D eigenvalue weighted by Crippen LogP contribution is 2.43. The summed E-state index contributed by atoms with van der Waals surface area (Å²) in [5.74, 6) is -0.507. The Hall–Kier alpha value is -2.29. The van der Waals surface area contributed by atoms with Crippen LogP contribution < -0.4 is 5.32 Å². The van der Waals surface area contributed by atoms with Crippen molar-refractivity contribution in [1.29, 1.82) is 0 Å². The van der Waals surface area contributed by atoms with Crippen molar-refractivity contribution in [3.8, 4) is 0 Å². The molecule has 0 saturated carbocycles. The van der Waals surface area contributed by atoms with Crippen molar-refractivity contribution < 1.29 is 37.3 Å². The molecule has 0 spiro atoms. The van der Waals surface area contributed by atoms with Gasteiger partial charge in [0.1, 0.15) is 19.3 Å². The highest BCUT2D eigenvalue weighted by molar-refractivity contribution is 7.47. The first-order chi connectivity index (χ1) is 39.4. The van der Waals surface area contributed by atoms with Gasteiger partial charge in [0.05, 0.1) is 33.8 Å². The monoisotopic (exact) mass is 1160 g/mol. The predicted molar refractivity (Wildman–Crippen MR) is 351 cm³/mol. The van der Waals surface area contributed by atoms with E-state index in [-0.39, 0.29) is 31.5 Å². The minimum absolute atomic E-state index is 0.0385. The molecule has 0 aromatic heterocycles. The summed E-state index contributed by atoms with van der Waals surface area (Å²) in [4.78, 5) is 37.8. The van der Waals surface area contributed by atoms with Crippen LogP contribution >= 0.6 is 7.82 Å². The molecular weight excluding hydrogens is 1020 g/mol. The van der Waals surface area contributed by atoms with Gasteiger partial charge in [-0.2, -0.15) is 0 Å². The van der Waals surface area contributed by atoms with Crippen LogP contribution in [0.5, 0.6) is 0 Å². The van der Waals surface area contributed by atoms with E-state index in [9.17, 15) is 19.0 Å². The lowest BCUT2D eigenvalue weighted by Crippen LogP contribution is -2.47. The van der Waals surface area contributed by atoms with Gasteiger partial charge in [-0.05, 0) is 89.5 Å². The van der Waals surface area contributed by atoms with Gasteiger partial charge in [0.2, 0.25) is 5.91 Å². The summed E-state index contributed by atoms with van der Waals surface area (Å²) in [6.07, 6.45) is 78.0. The van der Waals surface area contributed by atoms with Gasteiger partial charge in [0.15, 0.2) is 0 Å². The van der Waals surface area contributed by atoms with Gasteiger partial charge < -0.3 is 19.4 Å². The maximum absolute atomic E-state index is 13.6. The summed E-state index contributed by atoms with van der Waals surface area (Å²) in [6, 6.07) is -0.853. The number of amides is 1. The molecule has 0 heterocycles. The number of quaternary nitrogens is 1. The highest BCUT2D eigenvalue weighted by Gasteiger charge is 2.30. The van der Waals surface area contributed by atoms with Crippen LogP contribution in [0.15, 0.2) is 60.8 Å². The number of phosphoric ester groups is 1. The SMILES string of the molecule is CCCCC/C=C\C/C=C\CCCCCCCCCCCCCCCCCCCC(=O)NC(COP(=O)(O)OCC[N+](C)(C)C)C(/C=C\CCCCCCCCCCCCC)OC(=O)CCCCCCCC/C=C/C=C/CCCCC. The minimum atomic E-state index is -4.45. The fourth-order valence-corrected chi connectivity index (χ4v) is 10.8. The average molecular weight is 1160 g/mol. The highest BCUT2D eigenvalue weighted by atomic mass is 31.2. The second kappa shape index (κ2) is 60.8. The van der Waals surface area contributed by atoms with E-state index < -0.39 is 20.0 Å². The fourth-order valence-electron chi connectivity index (χ4n) is 10.1. The summed E-state index contributed by atoms with van der Waals surface area (Å²) in [5.41, 5.74) is 0. The summed E-state index contributed by atoms with van der Waals surface area (Å²) < 4.78 is 30.8. The molecule has 3 unspecified atom stereocenters. The number of likely N-dealkylation sites (N-methyl/N-ethyl adjacent to an activating group) is 1. The van der Waals surface area contributed by atoms with Gasteiger partial charge in [-0.3, -0.25) is 18.6 Å². The molecule has 0 rings (SSSR count). The van der Waals surface area contributed by atoms with Crippen LogP contribution in [-0.2, 0) is 27.9 Å². The topological polar surface area (TPSA) is 111 Å². The molecule has 0 aromatic rings. The first-order valence-corrected chi connectivity index (χ1v) is 36.1. The summed E-state index contributed by atoms with van der Waals surface area (Å²) in [6.45, 7) is 6.99. The Kier molecular flexibility index (Phi) is 59.1. The lowest BCUT2D eigenvalue weighted by Gasteiger charge is -2.27. The Morgan fingerprint density at radius 1 is 0.444 bits per heavy atom. The van der Waals surface area contributed by atoms with Gasteiger partial charge in [-0.1, -0.05) is 287 Å². The predicted octanol–water partition coefficient (Wildman–Crippen LogP) is 21.8. The van der Waals surface area contributed by atoms with Crippen molar-refractivity contribution in [3.05, 3.63) is 60.8 Å². The maximum Gasteiger partial charge on any atom is 0.472 e. The summed E-state index contributed by atoms with van der Waals surface area (Å²) >= 11 is 0. The van der Waals surface area contributed by atoms with E-state index in [1.54, 1.807) is 0 Å². The molecule has 81 heavy (non-hydrogen) atoms. The number of esters is 1. The molecule has 9 nitrogen and oxygen atoms in total. The van der Waals surface area contributed by atoms with Crippen LogP contribution in [0, 0.1) is 0 Å². The molecule has 0 saturated heterocycles. The third kappa shape index (κ3) is 62.1. The van der Waals surface area contributed by atoms with Gasteiger partial charge in [-0.25, -0.2) is 4.57 Å². The van der Waals surface area contributed by atoms with E-state index >= 15 is 0 Å². The van der Waals surface area contributed by atoms with Crippen molar-refractivity contribution in [1.82, 2.24) is 5.32 Å². The number of allylic oxidation sites excluding steroid dienone is 9. The molecule has 2 N–H and O–H groups in total. The van der Waals surface area contributed by atoms with Crippen LogP contribution in [0.25, 0.3) is 0 Å². The third-order valence-electron chi connectivity index (χ3n) is 15.5. The lowest BCUT2D eigenvalue weighted by molar-refractivity contribution is -0.870. The Morgan fingerprint density at radius 3 is 1.21 bits per heavy atom. The first-order valence-electron chi connectivity index (χ1n) is 34.6. The van der Waals surface area contributed by atoms with E-state index in [4.69, 9.17) is 13.8 Å². The van der Waals surface area contributed by atoms with Crippen LogP contribution in [0.3, 0.4) is 0 Å². The van der Waals surface area contributed by atoms with Crippen molar-refractivity contribution in [2.75, 3.05) is 40.9 Å². The number of hydrogen-bond donors (Lipinski definition) is 2. The van der Waals surface area contributed by atoms with Crippen molar-refractivity contribution in [2.45, 2.75) is 341 Å². The minimum Gasteiger partial charge on any atom is -0.456 e. The number of unbranched alkanes of at least 4 members (excludes halogenated alkanes) is 40. The largest absolute Gasteiger partial charge is 0.472 e. The molecule has 0 fully saturated rings. The molecule has 1 amide bonds. The number of phosphoric acid groups is 1. The summed E-state index contributed by atoms with van der Waals surface area (Å²) in [7, 11) is 1.50. The Morgan fingerprint density at radius 2 is 0.790 bits per heavy atom. The third-order valence-corrected chi connectivity index (χ3v) is 16.4. The molecule has 474 valence electrons. The molecular formula is C71H134N2O7P+. The average Bonchev–Trinajstić information content (AvgIpc) is 3.44. The van der Waals surface area contributed by atoms with Crippen molar-refractivity contribution in [2.24, 2.45) is 0 Å². The molecule has 0 aliphatic heterocycles. The molecule has 0 radical (unpaired) electrons. The number of ether oxygens (including phenoxy) is 1. The van der Waals surface area contributed by atoms with Crippen LogP contribution in [-0.4, -0.2) is 74.3 Å². The van der Waals surface area contributed by atoms with Crippen molar-refractivity contribution >= 4 is 19.7 Å². The first kappa shape index (κ1) is 78.7. The van der Waals surface area contributed by atoms with Crippen molar-refractivity contribution in [3.63, 3.8) is 0 Å². The lowest BCUT2D eigenvalue weighted by atomic mass is 10.0. The van der Waals surface area contributed by atoms with Crippen LogP contribution in [0.4, 0.5) is 0 Å². The number of nitrogens with one attached hydrogen (secondary N) is 1. The number of hydrogen-bond acceptors (Lipinski definition) is 6. The normalized spacial score (nSPS) is 13.9. The van der Waals surface area contributed by atoms with Gasteiger partial charge in [0.25, 0.3) is 0 Å². The van der Waals surface area contributed by atoms with E-state index in [0.29, 0.717) is 17.4 Å². The van der Waals surface area contributed by atoms with E-state index in [0.717, 1.165) is 83.5 Å². The number of nitrogens with zero attached hydrogens (tertiary/aromatic N) is 1. The van der Waals surface area contributed by atoms with Gasteiger partial charge >= 0.3 is 13.8 Å². The number of carbonyl (C=O) groups excluding carboxylic acids is 2. The second-order valence-electron chi connectivity index (χ2n) is 24.7. The van der Waals surface area contributed by atoms with Crippen LogP contribution in [0.2, 0.25) is 0 Å². The standard InChI is InChI=1S/C71H133N2O7P/c1-7-10-13-16-19-22-25-28-30-31-32-33-34-35-36-37-38-39-40-41-43-45-48-51-54-57-60-63-70(74)72-68(67-79-81(76,77)78-66-65-73(4,5)6)69(62-59-56-53-50-47-44-27-24-21-18-15-12-9-3)80-71(75)64-61-58-55-52-49-46-42-29-26-23-20-17-14-11-8-2/h19-20,22-23,26,28-30,59,62,68-69H,7-18,21,24-25,27,31-58,60-61,63-67H2,1-6H3,(H-,72,74,76,77)/p+1/b22-19-,23-20+,29-26+,30-28-,62-59-. The smallest absolute Gasteiger partial charge is 0.456 e. The molecule has 0 bridgehead atoms. The fraction of sp³-hybridized carbons (Fsp3) is 0.831. The quantitative estimate of drug-likeness (QED) is 0.0156. The Bertz CT molecular complexity index is 1570. The number of carbonyl (C=O) groups is 2. The second-order valence-corrected chi connectivity index (χ2v) is 26.2. The zero-order valence-corrected chi connectivity index (χ0v) is 55.2. The van der Waals surface area contributed by atoms with Crippen LogP contribution in [0.1, 0.15) is 329 Å². The van der Waals surface area contributed by atoms with Gasteiger partial charge in [-0.15, -0.1) is 0 Å². The molecule has 0 aliphatic carbocycles. The van der Waals surface area contributed by atoms with E-state index in [1.165, 1.54) is 212 Å². The molecule has 0 aromatic carbocycles. The van der Waals surface area contributed by atoms with Gasteiger partial charge in [0, 0.05) is 12.8 Å². The Labute approximate surface area is 502 Å². The molecule has 10 heteroatoms. The molecule has 0 aliphatic rings. The zero-order valence-electron chi connectivity index (χ0n) is 54.3. The van der Waals surface area contributed by atoms with E-state index in [1.807, 2.05) is 33.3 Å². The zero-order chi connectivity index (χ0) is 59.3. The maximum atomic E-state index is 13.6. The van der Waals surface area contributed by atoms with E-state index in [2.05, 4.69) is 74.7 Å². The number of rotatable bonds is 63. The summed E-state index contributed by atoms with van der Waals surface area (Å²) in [5, 5.41) is 3.07. The molecule has 3 atom stereocenters.